The van der Waals surface area contributed by atoms with Gasteiger partial charge in [-0.3, -0.25) is 4.79 Å². The molecule has 0 unspecified atom stereocenters. The van der Waals surface area contributed by atoms with Gasteiger partial charge in [0.15, 0.2) is 0 Å². The average molecular weight is 436 g/mol. The highest BCUT2D eigenvalue weighted by atomic mass is 79.9. The second-order valence-electron chi connectivity index (χ2n) is 4.64. The molecular formula is C17H12Br2N2O2. The van der Waals surface area contributed by atoms with Crippen LogP contribution in [0.1, 0.15) is 11.1 Å². The fourth-order valence-electron chi connectivity index (χ4n) is 1.79. The van der Waals surface area contributed by atoms with Gasteiger partial charge >= 0.3 is 0 Å². The van der Waals surface area contributed by atoms with E-state index in [9.17, 15) is 4.79 Å². The van der Waals surface area contributed by atoms with Gasteiger partial charge < -0.3 is 10.5 Å². The van der Waals surface area contributed by atoms with E-state index < -0.39 is 5.91 Å². The maximum atomic E-state index is 11.1. The highest BCUT2D eigenvalue weighted by molar-refractivity contribution is 9.10. The topological polar surface area (TPSA) is 76.1 Å². The smallest absolute Gasteiger partial charge is 0.259 e. The van der Waals surface area contributed by atoms with E-state index in [0.29, 0.717) is 17.9 Å². The molecule has 0 saturated heterocycles. The lowest BCUT2D eigenvalue weighted by molar-refractivity contribution is -0.114. The zero-order valence-electron chi connectivity index (χ0n) is 11.9. The lowest BCUT2D eigenvalue weighted by atomic mass is 10.1. The maximum absolute atomic E-state index is 11.1. The molecule has 4 nitrogen and oxygen atoms in total. The van der Waals surface area contributed by atoms with Crippen LogP contribution >= 0.6 is 31.9 Å². The first-order valence-electron chi connectivity index (χ1n) is 6.58. The van der Waals surface area contributed by atoms with Crippen LogP contribution in [0.15, 0.2) is 57.0 Å². The summed E-state index contributed by atoms with van der Waals surface area (Å²) in [5.74, 6) is -0.0816. The zero-order valence-corrected chi connectivity index (χ0v) is 15.1. The Morgan fingerprint density at radius 3 is 2.48 bits per heavy atom. The van der Waals surface area contributed by atoms with Gasteiger partial charge in [0.1, 0.15) is 24.0 Å². The first kappa shape index (κ1) is 17.3. The number of primary amides is 1. The van der Waals surface area contributed by atoms with Crippen LogP contribution in [0, 0.1) is 11.3 Å². The number of hydrogen-bond acceptors (Lipinski definition) is 3. The summed E-state index contributed by atoms with van der Waals surface area (Å²) in [6.07, 6.45) is 1.44. The molecule has 0 aliphatic carbocycles. The van der Waals surface area contributed by atoms with Crippen LogP contribution in [0.25, 0.3) is 6.08 Å². The largest absolute Gasteiger partial charge is 0.488 e. The van der Waals surface area contributed by atoms with Crippen molar-refractivity contribution in [3.63, 3.8) is 0 Å². The maximum Gasteiger partial charge on any atom is 0.259 e. The Balaban J connectivity index is 2.12. The molecular weight excluding hydrogens is 424 g/mol. The molecule has 0 bridgehead atoms. The van der Waals surface area contributed by atoms with E-state index in [1.807, 2.05) is 24.3 Å². The number of carbonyl (C=O) groups excluding carboxylic acids is 1. The Morgan fingerprint density at radius 2 is 1.91 bits per heavy atom. The summed E-state index contributed by atoms with van der Waals surface area (Å²) in [6.45, 7) is 0.436. The van der Waals surface area contributed by atoms with E-state index in [-0.39, 0.29) is 5.57 Å². The van der Waals surface area contributed by atoms with Crippen molar-refractivity contribution in [3.8, 4) is 11.8 Å². The van der Waals surface area contributed by atoms with Gasteiger partial charge in [0.2, 0.25) is 0 Å². The number of nitriles is 1. The molecule has 0 radical (unpaired) electrons. The van der Waals surface area contributed by atoms with Crippen molar-refractivity contribution in [2.45, 2.75) is 6.61 Å². The first-order chi connectivity index (χ1) is 11.0. The van der Waals surface area contributed by atoms with Crippen molar-refractivity contribution >= 4 is 43.8 Å². The van der Waals surface area contributed by atoms with Crippen LogP contribution < -0.4 is 10.5 Å². The molecule has 0 fully saturated rings. The Labute approximate surface area is 150 Å². The minimum atomic E-state index is -0.751. The first-order valence-corrected chi connectivity index (χ1v) is 8.16. The predicted octanol–water partition coefficient (Wildman–Crippen LogP) is 4.18. The van der Waals surface area contributed by atoms with E-state index in [0.717, 1.165) is 14.5 Å². The molecule has 0 aliphatic rings. The van der Waals surface area contributed by atoms with Gasteiger partial charge in [0.25, 0.3) is 5.91 Å². The second kappa shape index (κ2) is 7.95. The third-order valence-electron chi connectivity index (χ3n) is 2.96. The molecule has 0 atom stereocenters. The number of benzene rings is 2. The number of amides is 1. The minimum absolute atomic E-state index is 0.0968. The molecule has 0 spiro atoms. The standard InChI is InChI=1S/C17H12Br2N2O2/c18-14-4-1-11(2-5-14)10-23-16-6-3-12(8-15(16)19)7-13(9-20)17(21)22/h1-8H,10H2,(H2,21,22)/b13-7+. The van der Waals surface area contributed by atoms with Crippen LogP contribution in [0.2, 0.25) is 0 Å². The summed E-state index contributed by atoms with van der Waals surface area (Å²) < 4.78 is 7.50. The lowest BCUT2D eigenvalue weighted by Gasteiger charge is -2.09. The molecule has 23 heavy (non-hydrogen) atoms. The lowest BCUT2D eigenvalue weighted by Crippen LogP contribution is -2.12. The summed E-state index contributed by atoms with van der Waals surface area (Å²) >= 11 is 6.81. The fraction of sp³-hybridized carbons (Fsp3) is 0.0588. The fourth-order valence-corrected chi connectivity index (χ4v) is 2.57. The van der Waals surface area contributed by atoms with E-state index in [1.54, 1.807) is 24.3 Å². The van der Waals surface area contributed by atoms with E-state index in [1.165, 1.54) is 6.08 Å². The molecule has 6 heteroatoms. The summed E-state index contributed by atoms with van der Waals surface area (Å²) in [5.41, 5.74) is 6.75. The predicted molar refractivity (Wildman–Crippen MR) is 95.4 cm³/mol. The van der Waals surface area contributed by atoms with Gasteiger partial charge in [-0.1, -0.05) is 34.1 Å². The van der Waals surface area contributed by atoms with Crippen LogP contribution in [-0.2, 0) is 11.4 Å². The number of nitrogens with two attached hydrogens (primary N) is 1. The Kier molecular flexibility index (Phi) is 5.97. The third kappa shape index (κ3) is 4.95. The molecule has 2 rings (SSSR count). The van der Waals surface area contributed by atoms with Gasteiger partial charge in [-0.15, -0.1) is 0 Å². The van der Waals surface area contributed by atoms with Crippen LogP contribution in [0.3, 0.4) is 0 Å². The highest BCUT2D eigenvalue weighted by Gasteiger charge is 2.06. The van der Waals surface area contributed by atoms with E-state index >= 15 is 0 Å². The molecule has 0 aromatic heterocycles. The normalized spacial score (nSPS) is 10.9. The monoisotopic (exact) mass is 434 g/mol. The quantitative estimate of drug-likeness (QED) is 0.565. The number of halogens is 2. The Bertz CT molecular complexity index is 793. The summed E-state index contributed by atoms with van der Waals surface area (Å²) in [5, 5.41) is 8.85. The van der Waals surface area contributed by atoms with Crippen molar-refractivity contribution in [2.75, 3.05) is 0 Å². The molecule has 0 aliphatic heterocycles. The van der Waals surface area contributed by atoms with Gasteiger partial charge in [0, 0.05) is 4.47 Å². The van der Waals surface area contributed by atoms with E-state index in [4.69, 9.17) is 15.7 Å². The SMILES string of the molecule is N#C/C(=C\c1ccc(OCc2ccc(Br)cc2)c(Br)c1)C(N)=O. The number of rotatable bonds is 5. The molecule has 2 aromatic carbocycles. The molecule has 1 amide bonds. The second-order valence-corrected chi connectivity index (χ2v) is 6.41. The molecule has 2 N–H and O–H groups in total. The number of nitrogens with zero attached hydrogens (tertiary/aromatic N) is 1. The van der Waals surface area contributed by atoms with Crippen molar-refractivity contribution in [3.05, 3.63) is 68.1 Å². The van der Waals surface area contributed by atoms with Gasteiger partial charge in [-0.25, -0.2) is 0 Å². The minimum Gasteiger partial charge on any atom is -0.488 e. The van der Waals surface area contributed by atoms with E-state index in [2.05, 4.69) is 31.9 Å². The average Bonchev–Trinajstić information content (AvgIpc) is 2.53. The highest BCUT2D eigenvalue weighted by Crippen LogP contribution is 2.28. The summed E-state index contributed by atoms with van der Waals surface area (Å²) in [7, 11) is 0. The zero-order chi connectivity index (χ0) is 16.8. The molecule has 116 valence electrons. The van der Waals surface area contributed by atoms with Crippen molar-refractivity contribution in [1.82, 2.24) is 0 Å². The third-order valence-corrected chi connectivity index (χ3v) is 4.11. The number of hydrogen-bond donors (Lipinski definition) is 1. The Hall–Kier alpha value is -2.10. The van der Waals surface area contributed by atoms with Crippen LogP contribution in [-0.4, -0.2) is 5.91 Å². The van der Waals surface area contributed by atoms with Crippen LogP contribution in [0.5, 0.6) is 5.75 Å². The van der Waals surface area contributed by atoms with Gasteiger partial charge in [-0.05, 0) is 57.4 Å². The van der Waals surface area contributed by atoms with Crippen molar-refractivity contribution < 1.29 is 9.53 Å². The molecule has 0 saturated carbocycles. The van der Waals surface area contributed by atoms with Gasteiger partial charge in [-0.2, -0.15) is 5.26 Å². The molecule has 0 heterocycles. The van der Waals surface area contributed by atoms with Crippen molar-refractivity contribution in [1.29, 1.82) is 5.26 Å². The van der Waals surface area contributed by atoms with Crippen molar-refractivity contribution in [2.24, 2.45) is 5.73 Å². The summed E-state index contributed by atoms with van der Waals surface area (Å²) in [6, 6.07) is 14.9. The van der Waals surface area contributed by atoms with Gasteiger partial charge in [0.05, 0.1) is 4.47 Å². The number of carbonyl (C=O) groups is 1. The molecule has 2 aromatic rings. The van der Waals surface area contributed by atoms with Crippen LogP contribution in [0.4, 0.5) is 0 Å². The summed E-state index contributed by atoms with van der Waals surface area (Å²) in [4.78, 5) is 11.1. The number of ether oxygens (including phenoxy) is 1. The Morgan fingerprint density at radius 1 is 1.22 bits per heavy atom.